The maximum Gasteiger partial charge on any atom is 0.167 e. The lowest BCUT2D eigenvalue weighted by Crippen LogP contribution is -2.17. The first-order valence-corrected chi connectivity index (χ1v) is 5.10. The van der Waals surface area contributed by atoms with Gasteiger partial charge in [0.2, 0.25) is 0 Å². The molecule has 1 atom stereocenters. The van der Waals surface area contributed by atoms with Gasteiger partial charge in [0.1, 0.15) is 11.9 Å². The average Bonchev–Trinajstić information content (AvgIpc) is 2.36. The Bertz CT molecular complexity index is 409. The third kappa shape index (κ3) is 1.67. The van der Waals surface area contributed by atoms with Gasteiger partial charge in [-0.15, -0.1) is 0 Å². The van der Waals surface area contributed by atoms with Gasteiger partial charge in [-0.05, 0) is 11.1 Å². The molecule has 0 aromatic heterocycles. The van der Waals surface area contributed by atoms with Crippen molar-refractivity contribution in [3.8, 4) is 0 Å². The Hall–Kier alpha value is -1.48. The number of allylic oxidation sites excluding steroid dienone is 1. The zero-order valence-corrected chi connectivity index (χ0v) is 9.69. The summed E-state index contributed by atoms with van der Waals surface area (Å²) >= 11 is 0. The van der Waals surface area contributed by atoms with E-state index in [9.17, 15) is 0 Å². The molecule has 0 amide bonds. The predicted octanol–water partition coefficient (Wildman–Crippen LogP) is 2.44. The number of benzene rings is 1. The van der Waals surface area contributed by atoms with Crippen LogP contribution in [0.15, 0.2) is 35.8 Å². The van der Waals surface area contributed by atoms with Crippen molar-refractivity contribution in [3.05, 3.63) is 53.3 Å². The topological polar surface area (TPSA) is 27.7 Å². The number of hydrogen-bond donors (Lipinski definition) is 0. The molecule has 0 saturated heterocycles. The first kappa shape index (κ1) is 11.0. The van der Waals surface area contributed by atoms with Crippen LogP contribution in [0, 0.1) is 6.42 Å². The van der Waals surface area contributed by atoms with Gasteiger partial charge in [0.25, 0.3) is 0 Å². The van der Waals surface area contributed by atoms with E-state index >= 15 is 0 Å². The highest BCUT2D eigenvalue weighted by Crippen LogP contribution is 2.37. The summed E-state index contributed by atoms with van der Waals surface area (Å²) < 4.78 is 16.1. The molecule has 0 saturated carbocycles. The minimum absolute atomic E-state index is 0.193. The Labute approximate surface area is 95.6 Å². The first-order chi connectivity index (χ1) is 7.81. The molecule has 16 heavy (non-hydrogen) atoms. The van der Waals surface area contributed by atoms with E-state index in [2.05, 4.69) is 0 Å². The lowest BCUT2D eigenvalue weighted by atomic mass is 9.92. The van der Waals surface area contributed by atoms with Crippen molar-refractivity contribution < 1.29 is 14.2 Å². The van der Waals surface area contributed by atoms with Gasteiger partial charge in [0.05, 0.1) is 20.6 Å². The third-order valence-corrected chi connectivity index (χ3v) is 2.72. The third-order valence-electron chi connectivity index (χ3n) is 2.72. The minimum atomic E-state index is -0.193. The standard InChI is InChI=1S/C13H15O3/c1-14-11-8-9-6-4-5-7-10(9)12(15-2)13(11)16-3/h4-8,12H,1-3H3. The molecule has 0 spiro atoms. The molecule has 1 aromatic carbocycles. The van der Waals surface area contributed by atoms with Crippen molar-refractivity contribution in [1.82, 2.24) is 0 Å². The van der Waals surface area contributed by atoms with Crippen molar-refractivity contribution in [3.63, 3.8) is 0 Å². The average molecular weight is 219 g/mol. The largest absolute Gasteiger partial charge is 0.497 e. The van der Waals surface area contributed by atoms with Crippen molar-refractivity contribution >= 4 is 0 Å². The Morgan fingerprint density at radius 3 is 2.38 bits per heavy atom. The molecular formula is C13H15O3. The van der Waals surface area contributed by atoms with E-state index in [1.807, 2.05) is 30.7 Å². The first-order valence-electron chi connectivity index (χ1n) is 5.10. The van der Waals surface area contributed by atoms with Gasteiger partial charge < -0.3 is 14.2 Å². The van der Waals surface area contributed by atoms with E-state index in [4.69, 9.17) is 14.2 Å². The molecule has 3 heteroatoms. The Kier molecular flexibility index (Phi) is 3.15. The maximum atomic E-state index is 5.47. The molecule has 3 nitrogen and oxygen atoms in total. The fraction of sp³-hybridized carbons (Fsp3) is 0.308. The van der Waals surface area contributed by atoms with E-state index in [-0.39, 0.29) is 6.10 Å². The highest BCUT2D eigenvalue weighted by Gasteiger charge is 2.29. The summed E-state index contributed by atoms with van der Waals surface area (Å²) in [4.78, 5) is 0. The van der Waals surface area contributed by atoms with E-state index in [1.54, 1.807) is 21.3 Å². The van der Waals surface area contributed by atoms with Crippen LogP contribution in [-0.2, 0) is 14.2 Å². The van der Waals surface area contributed by atoms with Gasteiger partial charge >= 0.3 is 0 Å². The number of hydrogen-bond acceptors (Lipinski definition) is 3. The molecule has 1 unspecified atom stereocenters. The maximum absolute atomic E-state index is 5.47. The molecule has 0 bridgehead atoms. The molecule has 2 rings (SSSR count). The second-order valence-corrected chi connectivity index (χ2v) is 3.53. The van der Waals surface area contributed by atoms with Gasteiger partial charge in [-0.1, -0.05) is 24.3 Å². The summed E-state index contributed by atoms with van der Waals surface area (Å²) in [6, 6.07) is 8.05. The van der Waals surface area contributed by atoms with Crippen LogP contribution >= 0.6 is 0 Å². The molecule has 0 N–H and O–H groups in total. The fourth-order valence-electron chi connectivity index (χ4n) is 1.97. The Balaban J connectivity index is 2.49. The van der Waals surface area contributed by atoms with E-state index < -0.39 is 0 Å². The van der Waals surface area contributed by atoms with Crippen LogP contribution in [0.25, 0.3) is 0 Å². The lowest BCUT2D eigenvalue weighted by Gasteiger charge is -2.27. The lowest BCUT2D eigenvalue weighted by molar-refractivity contribution is 0.0641. The molecule has 1 aromatic rings. The van der Waals surface area contributed by atoms with Crippen LogP contribution < -0.4 is 0 Å². The Morgan fingerprint density at radius 1 is 1.00 bits per heavy atom. The van der Waals surface area contributed by atoms with Gasteiger partial charge in [0.15, 0.2) is 5.76 Å². The van der Waals surface area contributed by atoms with Crippen LogP contribution in [0.5, 0.6) is 0 Å². The molecule has 85 valence electrons. The van der Waals surface area contributed by atoms with Crippen molar-refractivity contribution in [2.24, 2.45) is 0 Å². The molecule has 1 radical (unpaired) electrons. The summed E-state index contributed by atoms with van der Waals surface area (Å²) in [7, 11) is 4.92. The van der Waals surface area contributed by atoms with E-state index in [0.29, 0.717) is 11.5 Å². The second kappa shape index (κ2) is 4.58. The highest BCUT2D eigenvalue weighted by molar-refractivity contribution is 5.47. The number of fused-ring (bicyclic) bond motifs is 1. The predicted molar refractivity (Wildman–Crippen MR) is 60.6 cm³/mol. The zero-order chi connectivity index (χ0) is 11.5. The summed E-state index contributed by atoms with van der Waals surface area (Å²) in [6.45, 7) is 0. The zero-order valence-electron chi connectivity index (χ0n) is 9.69. The van der Waals surface area contributed by atoms with Gasteiger partial charge in [-0.3, -0.25) is 0 Å². The summed E-state index contributed by atoms with van der Waals surface area (Å²) in [5.74, 6) is 1.43. The van der Waals surface area contributed by atoms with Crippen LogP contribution in [0.4, 0.5) is 0 Å². The number of methoxy groups -OCH3 is 3. The van der Waals surface area contributed by atoms with Gasteiger partial charge in [-0.25, -0.2) is 0 Å². The van der Waals surface area contributed by atoms with Gasteiger partial charge in [0, 0.05) is 7.11 Å². The smallest absolute Gasteiger partial charge is 0.167 e. The highest BCUT2D eigenvalue weighted by atomic mass is 16.5. The molecule has 0 heterocycles. The summed E-state index contributed by atoms with van der Waals surface area (Å²) in [5.41, 5.74) is 2.20. The SMILES string of the molecule is COC1=C(OC)C(OC)c2ccccc2[CH]1. The summed E-state index contributed by atoms with van der Waals surface area (Å²) in [5, 5.41) is 0. The van der Waals surface area contributed by atoms with Gasteiger partial charge in [-0.2, -0.15) is 0 Å². The second-order valence-electron chi connectivity index (χ2n) is 3.53. The molecule has 0 fully saturated rings. The normalized spacial score (nSPS) is 19.3. The van der Waals surface area contributed by atoms with Crippen molar-refractivity contribution in [2.75, 3.05) is 21.3 Å². The van der Waals surface area contributed by atoms with Crippen molar-refractivity contribution in [2.45, 2.75) is 6.10 Å². The van der Waals surface area contributed by atoms with Crippen molar-refractivity contribution in [1.29, 1.82) is 0 Å². The van der Waals surface area contributed by atoms with Crippen LogP contribution in [-0.4, -0.2) is 21.3 Å². The van der Waals surface area contributed by atoms with Crippen LogP contribution in [0.2, 0.25) is 0 Å². The Morgan fingerprint density at radius 2 is 1.75 bits per heavy atom. The monoisotopic (exact) mass is 219 g/mol. The van der Waals surface area contributed by atoms with E-state index in [1.165, 1.54) is 0 Å². The van der Waals surface area contributed by atoms with Crippen LogP contribution in [0.3, 0.4) is 0 Å². The van der Waals surface area contributed by atoms with Crippen LogP contribution in [0.1, 0.15) is 17.2 Å². The molecule has 0 aliphatic heterocycles. The molecular weight excluding hydrogens is 204 g/mol. The minimum Gasteiger partial charge on any atom is -0.497 e. The molecule has 1 aliphatic carbocycles. The number of ether oxygens (including phenoxy) is 3. The molecule has 1 aliphatic rings. The quantitative estimate of drug-likeness (QED) is 0.781. The summed E-state index contributed by atoms with van der Waals surface area (Å²) in [6.07, 6.45) is 1.77. The number of rotatable bonds is 3. The van der Waals surface area contributed by atoms with E-state index in [0.717, 1.165) is 11.1 Å². The fourth-order valence-corrected chi connectivity index (χ4v) is 1.97.